The first-order chi connectivity index (χ1) is 9.31. The summed E-state index contributed by atoms with van der Waals surface area (Å²) in [6.45, 7) is 5.27. The molecule has 0 amide bonds. The Morgan fingerprint density at radius 1 is 0.789 bits per heavy atom. The summed E-state index contributed by atoms with van der Waals surface area (Å²) in [4.78, 5) is 5.29. The highest BCUT2D eigenvalue weighted by molar-refractivity contribution is 4.51. The van der Waals surface area contributed by atoms with E-state index in [-0.39, 0.29) is 6.23 Å². The predicted molar refractivity (Wildman–Crippen MR) is 83.8 cm³/mol. The molecule has 0 bridgehead atoms. The topological polar surface area (TPSA) is 47.3 Å². The van der Waals surface area contributed by atoms with Crippen LogP contribution in [0.3, 0.4) is 0 Å². The number of hydrogen-bond donors (Lipinski definition) is 2. The molecule has 116 valence electrons. The summed E-state index contributed by atoms with van der Waals surface area (Å²) >= 11 is 0. The van der Waals surface area contributed by atoms with Crippen molar-refractivity contribution in [2.24, 2.45) is 5.73 Å². The van der Waals surface area contributed by atoms with Crippen molar-refractivity contribution in [1.29, 1.82) is 0 Å². The molecule has 0 aliphatic heterocycles. The van der Waals surface area contributed by atoms with Crippen LogP contribution in [0, 0.1) is 0 Å². The van der Waals surface area contributed by atoms with Crippen LogP contribution in [0.15, 0.2) is 0 Å². The van der Waals surface area contributed by atoms with Gasteiger partial charge in [-0.1, -0.05) is 71.6 Å². The first kappa shape index (κ1) is 18.9. The van der Waals surface area contributed by atoms with E-state index < -0.39 is 0 Å². The van der Waals surface area contributed by atoms with Gasteiger partial charge in [-0.05, 0) is 19.3 Å². The van der Waals surface area contributed by atoms with Crippen LogP contribution in [0.25, 0.3) is 0 Å². The van der Waals surface area contributed by atoms with E-state index >= 15 is 0 Å². The van der Waals surface area contributed by atoms with Gasteiger partial charge in [0.1, 0.15) is 6.23 Å². The molecule has 0 aliphatic carbocycles. The minimum atomic E-state index is -0.138. The third kappa shape index (κ3) is 15.8. The first-order valence-corrected chi connectivity index (χ1v) is 8.45. The second kappa shape index (κ2) is 15.9. The Labute approximate surface area is 120 Å². The lowest BCUT2D eigenvalue weighted by Gasteiger charge is -2.12. The van der Waals surface area contributed by atoms with Gasteiger partial charge in [0.2, 0.25) is 0 Å². The average molecular weight is 272 g/mol. The number of nitrogens with one attached hydrogen (secondary N) is 1. The molecule has 3 nitrogen and oxygen atoms in total. The Hall–Kier alpha value is -0.120. The van der Waals surface area contributed by atoms with Gasteiger partial charge in [-0.3, -0.25) is 4.84 Å². The minimum Gasteiger partial charge on any atom is -0.304 e. The maximum Gasteiger partial charge on any atom is 0.127 e. The zero-order valence-electron chi connectivity index (χ0n) is 13.3. The molecule has 0 saturated heterocycles. The Balaban J connectivity index is 3.05. The highest BCUT2D eigenvalue weighted by Crippen LogP contribution is 2.11. The molecule has 0 rings (SSSR count). The smallest absolute Gasteiger partial charge is 0.127 e. The zero-order valence-corrected chi connectivity index (χ0v) is 13.3. The van der Waals surface area contributed by atoms with Crippen LogP contribution < -0.4 is 11.2 Å². The second-order valence-electron chi connectivity index (χ2n) is 5.52. The Morgan fingerprint density at radius 2 is 1.32 bits per heavy atom. The Bertz CT molecular complexity index is 165. The molecule has 0 radical (unpaired) electrons. The number of unbranched alkanes of at least 4 members (excludes halogenated alkanes) is 9. The highest BCUT2D eigenvalue weighted by atomic mass is 16.7. The van der Waals surface area contributed by atoms with Crippen molar-refractivity contribution in [1.82, 2.24) is 5.48 Å². The molecule has 0 aromatic rings. The van der Waals surface area contributed by atoms with Crippen LogP contribution in [-0.2, 0) is 4.84 Å². The molecule has 3 heteroatoms. The average Bonchev–Trinajstić information content (AvgIpc) is 2.41. The normalized spacial score (nSPS) is 12.8. The van der Waals surface area contributed by atoms with Crippen LogP contribution in [-0.4, -0.2) is 12.8 Å². The monoisotopic (exact) mass is 272 g/mol. The molecule has 0 spiro atoms. The number of hydrogen-bond acceptors (Lipinski definition) is 3. The third-order valence-corrected chi connectivity index (χ3v) is 3.43. The van der Waals surface area contributed by atoms with Crippen LogP contribution in [0.2, 0.25) is 0 Å². The first-order valence-electron chi connectivity index (χ1n) is 8.45. The molecular formula is C16H36N2O. The Kier molecular flexibility index (Phi) is 15.8. The summed E-state index contributed by atoms with van der Waals surface area (Å²) in [7, 11) is 0. The van der Waals surface area contributed by atoms with E-state index in [2.05, 4.69) is 19.3 Å². The van der Waals surface area contributed by atoms with E-state index in [1.165, 1.54) is 64.2 Å². The van der Waals surface area contributed by atoms with Crippen molar-refractivity contribution < 1.29 is 4.84 Å². The maximum absolute atomic E-state index is 5.84. The molecule has 0 aromatic heterocycles. The molecule has 19 heavy (non-hydrogen) atoms. The third-order valence-electron chi connectivity index (χ3n) is 3.43. The van der Waals surface area contributed by atoms with E-state index in [4.69, 9.17) is 10.6 Å². The van der Waals surface area contributed by atoms with Crippen molar-refractivity contribution in [2.45, 2.75) is 97.1 Å². The lowest BCUT2D eigenvalue weighted by molar-refractivity contribution is -0.0261. The van der Waals surface area contributed by atoms with Crippen LogP contribution in [0.5, 0.6) is 0 Å². The predicted octanol–water partition coefficient (Wildman–Crippen LogP) is 4.51. The summed E-state index contributed by atoms with van der Waals surface area (Å²) in [5.41, 5.74) is 8.73. The fourth-order valence-corrected chi connectivity index (χ4v) is 2.16. The standard InChI is InChI=1S/C16H36N2O/c1-3-5-6-7-8-9-10-11-12-13-14-16(17)19-18-15-4-2/h16,18H,3-15,17H2,1-2H3. The minimum absolute atomic E-state index is 0.138. The molecule has 1 atom stereocenters. The van der Waals surface area contributed by atoms with Gasteiger partial charge < -0.3 is 5.73 Å². The second-order valence-corrected chi connectivity index (χ2v) is 5.52. The van der Waals surface area contributed by atoms with Crippen LogP contribution >= 0.6 is 0 Å². The van der Waals surface area contributed by atoms with Gasteiger partial charge in [-0.15, -0.1) is 0 Å². The molecule has 1 unspecified atom stereocenters. The van der Waals surface area contributed by atoms with Crippen molar-refractivity contribution in [3.8, 4) is 0 Å². The van der Waals surface area contributed by atoms with E-state index in [0.717, 1.165) is 19.4 Å². The van der Waals surface area contributed by atoms with E-state index in [0.29, 0.717) is 0 Å². The molecular weight excluding hydrogens is 236 g/mol. The molecule has 3 N–H and O–H groups in total. The number of rotatable bonds is 15. The van der Waals surface area contributed by atoms with Gasteiger partial charge in [-0.2, -0.15) is 0 Å². The maximum atomic E-state index is 5.84. The van der Waals surface area contributed by atoms with Crippen molar-refractivity contribution in [3.05, 3.63) is 0 Å². The summed E-state index contributed by atoms with van der Waals surface area (Å²) in [5.74, 6) is 0. The summed E-state index contributed by atoms with van der Waals surface area (Å²) in [6, 6.07) is 0. The Morgan fingerprint density at radius 3 is 1.84 bits per heavy atom. The zero-order chi connectivity index (χ0) is 14.2. The van der Waals surface area contributed by atoms with Crippen LogP contribution in [0.4, 0.5) is 0 Å². The highest BCUT2D eigenvalue weighted by Gasteiger charge is 2.01. The van der Waals surface area contributed by atoms with Crippen molar-refractivity contribution in [3.63, 3.8) is 0 Å². The fraction of sp³-hybridized carbons (Fsp3) is 1.00. The molecule has 0 saturated carbocycles. The lowest BCUT2D eigenvalue weighted by Crippen LogP contribution is -2.31. The van der Waals surface area contributed by atoms with E-state index in [1.807, 2.05) is 0 Å². The van der Waals surface area contributed by atoms with Gasteiger partial charge in [0, 0.05) is 6.54 Å². The van der Waals surface area contributed by atoms with Gasteiger partial charge in [0.15, 0.2) is 0 Å². The van der Waals surface area contributed by atoms with Crippen molar-refractivity contribution >= 4 is 0 Å². The van der Waals surface area contributed by atoms with Crippen molar-refractivity contribution in [2.75, 3.05) is 6.54 Å². The van der Waals surface area contributed by atoms with E-state index in [1.54, 1.807) is 0 Å². The summed E-state index contributed by atoms with van der Waals surface area (Å²) in [5, 5.41) is 0. The SMILES string of the molecule is CCCCCCCCCCCCC(N)ONCCC. The number of hydroxylamine groups is 1. The largest absolute Gasteiger partial charge is 0.304 e. The molecule has 0 fully saturated rings. The summed E-state index contributed by atoms with van der Waals surface area (Å²) in [6.07, 6.45) is 15.5. The van der Waals surface area contributed by atoms with Gasteiger partial charge in [0.25, 0.3) is 0 Å². The lowest BCUT2D eigenvalue weighted by atomic mass is 10.1. The van der Waals surface area contributed by atoms with E-state index in [9.17, 15) is 0 Å². The molecule has 0 aliphatic rings. The van der Waals surface area contributed by atoms with Gasteiger partial charge in [-0.25, -0.2) is 5.48 Å². The van der Waals surface area contributed by atoms with Gasteiger partial charge in [0.05, 0.1) is 0 Å². The molecule has 0 aromatic carbocycles. The quantitative estimate of drug-likeness (QED) is 0.262. The molecule has 0 heterocycles. The summed E-state index contributed by atoms with van der Waals surface area (Å²) < 4.78 is 0. The number of nitrogens with two attached hydrogens (primary N) is 1. The van der Waals surface area contributed by atoms with Gasteiger partial charge >= 0.3 is 0 Å². The fourth-order valence-electron chi connectivity index (χ4n) is 2.16. The van der Waals surface area contributed by atoms with Crippen LogP contribution in [0.1, 0.15) is 90.9 Å².